The number of halogens is 1. The normalized spacial score (nSPS) is 10.4. The summed E-state index contributed by atoms with van der Waals surface area (Å²) in [6.07, 6.45) is 0. The molecule has 0 bridgehead atoms. The van der Waals surface area contributed by atoms with Gasteiger partial charge in [0.05, 0.1) is 7.11 Å². The Morgan fingerprint density at radius 1 is 1.50 bits per heavy atom. The van der Waals surface area contributed by atoms with E-state index in [9.17, 15) is 0 Å². The molecule has 0 amide bonds. The lowest BCUT2D eigenvalue weighted by atomic mass is 10.2. The highest BCUT2D eigenvalue weighted by molar-refractivity contribution is 9.10. The van der Waals surface area contributed by atoms with Gasteiger partial charge in [-0.25, -0.2) is 0 Å². The Balaban J connectivity index is 2.08. The van der Waals surface area contributed by atoms with Gasteiger partial charge in [0.25, 0.3) is 0 Å². The van der Waals surface area contributed by atoms with E-state index in [1.54, 1.807) is 35.7 Å². The molecule has 3 nitrogen and oxygen atoms in total. The summed E-state index contributed by atoms with van der Waals surface area (Å²) in [4.78, 5) is 0. The molecule has 6 heteroatoms. The summed E-state index contributed by atoms with van der Waals surface area (Å²) < 4.78 is 7.26. The van der Waals surface area contributed by atoms with E-state index < -0.39 is 0 Å². The summed E-state index contributed by atoms with van der Waals surface area (Å²) in [6, 6.07) is 5.95. The third-order valence-corrected chi connectivity index (χ3v) is 4.63. The number of hydrogen-bond donors (Lipinski definition) is 0. The number of benzene rings is 1. The molecule has 0 aliphatic rings. The van der Waals surface area contributed by atoms with Crippen molar-refractivity contribution in [3.05, 3.63) is 33.7 Å². The maximum Gasteiger partial charge on any atom is 0.174 e. The van der Waals surface area contributed by atoms with Crippen molar-refractivity contribution in [1.29, 1.82) is 0 Å². The van der Waals surface area contributed by atoms with Gasteiger partial charge in [-0.3, -0.25) is 0 Å². The molecule has 0 aliphatic carbocycles. The summed E-state index contributed by atoms with van der Waals surface area (Å²) in [5.74, 6) is 1.73. The van der Waals surface area contributed by atoms with Crippen molar-refractivity contribution in [1.82, 2.24) is 10.2 Å². The van der Waals surface area contributed by atoms with Crippen molar-refractivity contribution in [2.45, 2.75) is 10.1 Å². The van der Waals surface area contributed by atoms with Gasteiger partial charge in [0.2, 0.25) is 0 Å². The van der Waals surface area contributed by atoms with E-state index in [0.717, 1.165) is 20.3 Å². The number of rotatable bonds is 4. The van der Waals surface area contributed by atoms with Crippen LogP contribution in [0.5, 0.6) is 5.75 Å². The molecule has 0 aliphatic heterocycles. The summed E-state index contributed by atoms with van der Waals surface area (Å²) in [5.41, 5.74) is 2.93. The molecule has 1 aromatic heterocycles. The first-order valence-corrected chi connectivity index (χ1v) is 7.17. The lowest BCUT2D eigenvalue weighted by Gasteiger charge is -2.05. The fraction of sp³-hybridized carbons (Fsp3) is 0.200. The van der Waals surface area contributed by atoms with Crippen LogP contribution in [0.15, 0.2) is 32.5 Å². The molecule has 16 heavy (non-hydrogen) atoms. The highest BCUT2D eigenvalue weighted by Crippen LogP contribution is 2.29. The van der Waals surface area contributed by atoms with Crippen LogP contribution >= 0.6 is 39.0 Å². The molecule has 0 radical (unpaired) electrons. The first-order chi connectivity index (χ1) is 7.79. The van der Waals surface area contributed by atoms with Crippen LogP contribution < -0.4 is 4.74 Å². The van der Waals surface area contributed by atoms with Crippen LogP contribution in [0.2, 0.25) is 0 Å². The number of thioether (sulfide) groups is 1. The number of methoxy groups -OCH3 is 1. The van der Waals surface area contributed by atoms with Gasteiger partial charge in [-0.1, -0.05) is 39.0 Å². The van der Waals surface area contributed by atoms with Gasteiger partial charge in [0, 0.05) is 10.2 Å². The molecule has 0 atom stereocenters. The largest absolute Gasteiger partial charge is 0.497 e. The lowest BCUT2D eigenvalue weighted by molar-refractivity contribution is 0.414. The predicted molar refractivity (Wildman–Crippen MR) is 70.2 cm³/mol. The minimum Gasteiger partial charge on any atom is -0.497 e. The van der Waals surface area contributed by atoms with E-state index >= 15 is 0 Å². The fourth-order valence-corrected chi connectivity index (χ4v) is 3.21. The molecule has 0 fully saturated rings. The van der Waals surface area contributed by atoms with Crippen molar-refractivity contribution >= 4 is 39.0 Å². The molecule has 2 rings (SSSR count). The van der Waals surface area contributed by atoms with Crippen LogP contribution in [0.3, 0.4) is 0 Å². The van der Waals surface area contributed by atoms with Gasteiger partial charge in [-0.05, 0) is 23.8 Å². The van der Waals surface area contributed by atoms with E-state index in [0.29, 0.717) is 0 Å². The van der Waals surface area contributed by atoms with Crippen molar-refractivity contribution in [2.24, 2.45) is 0 Å². The average Bonchev–Trinajstić information content (AvgIpc) is 2.81. The molecule has 1 heterocycles. The summed E-state index contributed by atoms with van der Waals surface area (Å²) in [7, 11) is 1.67. The molecule has 1 aromatic carbocycles. The van der Waals surface area contributed by atoms with Gasteiger partial charge in [-0.15, -0.1) is 10.2 Å². The zero-order valence-corrected chi connectivity index (χ0v) is 11.7. The highest BCUT2D eigenvalue weighted by Gasteiger charge is 2.04. The van der Waals surface area contributed by atoms with Gasteiger partial charge < -0.3 is 4.74 Å². The third kappa shape index (κ3) is 2.96. The smallest absolute Gasteiger partial charge is 0.174 e. The van der Waals surface area contributed by atoms with Crippen LogP contribution in [-0.4, -0.2) is 17.3 Å². The van der Waals surface area contributed by atoms with Crippen LogP contribution in [0.25, 0.3) is 0 Å². The van der Waals surface area contributed by atoms with E-state index in [-0.39, 0.29) is 0 Å². The van der Waals surface area contributed by atoms with Crippen LogP contribution in [0.4, 0.5) is 0 Å². The molecule has 0 unspecified atom stereocenters. The molecule has 0 saturated heterocycles. The average molecular weight is 317 g/mol. The Kier molecular flexibility index (Phi) is 4.20. The quantitative estimate of drug-likeness (QED) is 0.807. The van der Waals surface area contributed by atoms with Crippen LogP contribution in [-0.2, 0) is 5.75 Å². The fourth-order valence-electron chi connectivity index (χ4n) is 1.15. The van der Waals surface area contributed by atoms with Crippen molar-refractivity contribution in [3.8, 4) is 5.75 Å². The summed E-state index contributed by atoms with van der Waals surface area (Å²) in [5, 5.41) is 7.79. The van der Waals surface area contributed by atoms with Crippen molar-refractivity contribution in [3.63, 3.8) is 0 Å². The van der Waals surface area contributed by atoms with Gasteiger partial charge in [0.15, 0.2) is 4.34 Å². The van der Waals surface area contributed by atoms with Crippen molar-refractivity contribution in [2.75, 3.05) is 7.11 Å². The molecule has 84 valence electrons. The van der Waals surface area contributed by atoms with Crippen LogP contribution in [0.1, 0.15) is 5.56 Å². The topological polar surface area (TPSA) is 35.0 Å². The van der Waals surface area contributed by atoms with Crippen LogP contribution in [0, 0.1) is 0 Å². The summed E-state index contributed by atoms with van der Waals surface area (Å²) in [6.45, 7) is 0. The Labute approximate surface area is 110 Å². The van der Waals surface area contributed by atoms with E-state index in [4.69, 9.17) is 4.74 Å². The first-order valence-electron chi connectivity index (χ1n) is 4.51. The van der Waals surface area contributed by atoms with Crippen molar-refractivity contribution < 1.29 is 4.74 Å². The monoisotopic (exact) mass is 316 g/mol. The second-order valence-electron chi connectivity index (χ2n) is 2.95. The molecular formula is C10H9BrN2OS2. The first kappa shape index (κ1) is 11.9. The Bertz CT molecular complexity index is 462. The Morgan fingerprint density at radius 2 is 2.38 bits per heavy atom. The summed E-state index contributed by atoms with van der Waals surface area (Å²) >= 11 is 6.75. The molecule has 0 spiro atoms. The van der Waals surface area contributed by atoms with Gasteiger partial charge in [0.1, 0.15) is 11.3 Å². The van der Waals surface area contributed by atoms with E-state index in [2.05, 4.69) is 26.1 Å². The zero-order chi connectivity index (χ0) is 11.4. The number of aromatic nitrogens is 2. The molecule has 0 saturated carbocycles. The molecule has 2 aromatic rings. The molecular weight excluding hydrogens is 308 g/mol. The SMILES string of the molecule is COc1ccc(Br)c(CSc2nncs2)c1. The minimum absolute atomic E-state index is 0.854. The molecule has 0 N–H and O–H groups in total. The Morgan fingerprint density at radius 3 is 3.06 bits per heavy atom. The number of ether oxygens (including phenoxy) is 1. The zero-order valence-electron chi connectivity index (χ0n) is 8.51. The minimum atomic E-state index is 0.854. The standard InChI is InChI=1S/C10H9BrN2OS2/c1-14-8-2-3-9(11)7(4-8)5-15-10-13-12-6-16-10/h2-4,6H,5H2,1H3. The van der Waals surface area contributed by atoms with Gasteiger partial charge in [-0.2, -0.15) is 0 Å². The lowest BCUT2D eigenvalue weighted by Crippen LogP contribution is -1.87. The maximum atomic E-state index is 5.19. The Hall–Kier alpha value is -0.590. The van der Waals surface area contributed by atoms with Gasteiger partial charge >= 0.3 is 0 Å². The van der Waals surface area contributed by atoms with E-state index in [1.165, 1.54) is 5.56 Å². The second-order valence-corrected chi connectivity index (χ2v) is 5.86. The highest BCUT2D eigenvalue weighted by atomic mass is 79.9. The third-order valence-electron chi connectivity index (χ3n) is 1.94. The number of nitrogens with zero attached hydrogens (tertiary/aromatic N) is 2. The van der Waals surface area contributed by atoms with E-state index in [1.807, 2.05) is 18.2 Å². The second kappa shape index (κ2) is 5.65. The predicted octanol–water partition coefficient (Wildman–Crippen LogP) is 3.60. The maximum absolute atomic E-state index is 5.19. The number of hydrogen-bond acceptors (Lipinski definition) is 5.